The SMILES string of the molecule is COc1ccc(Cc2nc(N)nc3c(C(N)=O)cccc23)c(OC)c1. The summed E-state index contributed by atoms with van der Waals surface area (Å²) >= 11 is 0. The lowest BCUT2D eigenvalue weighted by Crippen LogP contribution is -2.13. The second-order valence-electron chi connectivity index (χ2n) is 5.45. The maximum atomic E-state index is 11.7. The molecule has 25 heavy (non-hydrogen) atoms. The van der Waals surface area contributed by atoms with Crippen LogP contribution in [0.25, 0.3) is 10.9 Å². The van der Waals surface area contributed by atoms with E-state index in [-0.39, 0.29) is 5.95 Å². The molecule has 1 aromatic heterocycles. The fraction of sp³-hybridized carbons (Fsp3) is 0.167. The number of nitrogens with two attached hydrogens (primary N) is 2. The minimum atomic E-state index is -0.559. The molecule has 2 aromatic carbocycles. The molecule has 0 unspecified atom stereocenters. The van der Waals surface area contributed by atoms with Gasteiger partial charge in [-0.05, 0) is 12.1 Å². The quantitative estimate of drug-likeness (QED) is 0.735. The molecule has 3 rings (SSSR count). The standard InChI is InChI=1S/C18H18N4O3/c1-24-11-7-6-10(15(9-11)25-2)8-14-12-4-3-5-13(17(19)23)16(12)22-18(20)21-14/h3-7,9H,8H2,1-2H3,(H2,19,23)(H2,20,21,22). The fourth-order valence-electron chi connectivity index (χ4n) is 2.75. The number of nitrogen functional groups attached to an aromatic ring is 1. The summed E-state index contributed by atoms with van der Waals surface area (Å²) in [5.74, 6) is 0.903. The number of rotatable bonds is 5. The molecule has 3 aromatic rings. The zero-order valence-corrected chi connectivity index (χ0v) is 13.9. The molecule has 0 aliphatic heterocycles. The highest BCUT2D eigenvalue weighted by Crippen LogP contribution is 2.29. The second-order valence-corrected chi connectivity index (χ2v) is 5.45. The maximum Gasteiger partial charge on any atom is 0.250 e. The van der Waals surface area contributed by atoms with Gasteiger partial charge in [0.15, 0.2) is 0 Å². The van der Waals surface area contributed by atoms with Crippen molar-refractivity contribution < 1.29 is 14.3 Å². The average molecular weight is 338 g/mol. The van der Waals surface area contributed by atoms with Gasteiger partial charge in [-0.1, -0.05) is 18.2 Å². The number of fused-ring (bicyclic) bond motifs is 1. The Bertz CT molecular complexity index is 956. The highest BCUT2D eigenvalue weighted by Gasteiger charge is 2.15. The number of carbonyl (C=O) groups is 1. The van der Waals surface area contributed by atoms with Crippen LogP contribution in [-0.4, -0.2) is 30.1 Å². The molecule has 0 saturated carbocycles. The molecule has 0 aliphatic rings. The molecule has 0 saturated heterocycles. The number of aromatic nitrogens is 2. The van der Waals surface area contributed by atoms with E-state index < -0.39 is 5.91 Å². The number of methoxy groups -OCH3 is 2. The van der Waals surface area contributed by atoms with Gasteiger partial charge in [-0.25, -0.2) is 9.97 Å². The van der Waals surface area contributed by atoms with Crippen LogP contribution in [0.5, 0.6) is 11.5 Å². The number of para-hydroxylation sites is 1. The largest absolute Gasteiger partial charge is 0.497 e. The third kappa shape index (κ3) is 3.16. The Kier molecular flexibility index (Phi) is 4.38. The summed E-state index contributed by atoms with van der Waals surface area (Å²) in [4.78, 5) is 20.2. The monoisotopic (exact) mass is 338 g/mol. The summed E-state index contributed by atoms with van der Waals surface area (Å²) in [6, 6.07) is 10.8. The smallest absolute Gasteiger partial charge is 0.250 e. The highest BCUT2D eigenvalue weighted by molar-refractivity contribution is 6.05. The molecule has 1 amide bonds. The number of carbonyl (C=O) groups excluding carboxylic acids is 1. The first-order valence-electron chi connectivity index (χ1n) is 7.59. The zero-order chi connectivity index (χ0) is 18.0. The number of amides is 1. The Balaban J connectivity index is 2.14. The summed E-state index contributed by atoms with van der Waals surface area (Å²) in [5, 5.41) is 0.725. The van der Waals surface area contributed by atoms with E-state index in [1.807, 2.05) is 18.2 Å². The van der Waals surface area contributed by atoms with Crippen molar-refractivity contribution in [3.8, 4) is 11.5 Å². The van der Waals surface area contributed by atoms with E-state index in [2.05, 4.69) is 9.97 Å². The van der Waals surface area contributed by atoms with E-state index in [1.165, 1.54) is 0 Å². The van der Waals surface area contributed by atoms with E-state index in [1.54, 1.807) is 32.4 Å². The maximum absolute atomic E-state index is 11.7. The minimum Gasteiger partial charge on any atom is -0.497 e. The fourth-order valence-corrected chi connectivity index (χ4v) is 2.75. The first kappa shape index (κ1) is 16.5. The van der Waals surface area contributed by atoms with Gasteiger partial charge in [0.1, 0.15) is 11.5 Å². The lowest BCUT2D eigenvalue weighted by Gasteiger charge is -2.12. The number of ether oxygens (including phenoxy) is 2. The Morgan fingerprint density at radius 3 is 2.60 bits per heavy atom. The van der Waals surface area contributed by atoms with Gasteiger partial charge >= 0.3 is 0 Å². The molecule has 0 fully saturated rings. The van der Waals surface area contributed by atoms with E-state index in [0.29, 0.717) is 34.7 Å². The van der Waals surface area contributed by atoms with Crippen molar-refractivity contribution in [3.05, 3.63) is 53.2 Å². The van der Waals surface area contributed by atoms with E-state index in [9.17, 15) is 4.79 Å². The Morgan fingerprint density at radius 1 is 1.12 bits per heavy atom. The van der Waals surface area contributed by atoms with Crippen LogP contribution in [0.15, 0.2) is 36.4 Å². The average Bonchev–Trinajstić information content (AvgIpc) is 2.61. The zero-order valence-electron chi connectivity index (χ0n) is 13.9. The van der Waals surface area contributed by atoms with Crippen LogP contribution >= 0.6 is 0 Å². The summed E-state index contributed by atoms with van der Waals surface area (Å²) in [5.41, 5.74) is 13.6. The Morgan fingerprint density at radius 2 is 1.92 bits per heavy atom. The van der Waals surface area contributed by atoms with Crippen LogP contribution in [0.2, 0.25) is 0 Å². The van der Waals surface area contributed by atoms with Crippen LogP contribution in [0.3, 0.4) is 0 Å². The van der Waals surface area contributed by atoms with Gasteiger partial charge in [0.2, 0.25) is 5.95 Å². The van der Waals surface area contributed by atoms with Gasteiger partial charge in [0.05, 0.1) is 31.0 Å². The number of hydrogen-bond acceptors (Lipinski definition) is 6. The van der Waals surface area contributed by atoms with Gasteiger partial charge in [-0.2, -0.15) is 0 Å². The molecule has 0 radical (unpaired) electrons. The van der Waals surface area contributed by atoms with Crippen LogP contribution in [0.4, 0.5) is 5.95 Å². The summed E-state index contributed by atoms with van der Waals surface area (Å²) in [6.45, 7) is 0. The predicted molar refractivity (Wildman–Crippen MR) is 94.8 cm³/mol. The van der Waals surface area contributed by atoms with Crippen LogP contribution in [0, 0.1) is 0 Å². The number of hydrogen-bond donors (Lipinski definition) is 2. The molecular formula is C18H18N4O3. The van der Waals surface area contributed by atoms with Crippen molar-refractivity contribution in [3.63, 3.8) is 0 Å². The molecule has 1 heterocycles. The molecular weight excluding hydrogens is 320 g/mol. The van der Waals surface area contributed by atoms with Crippen LogP contribution in [-0.2, 0) is 6.42 Å². The molecule has 0 aliphatic carbocycles. The first-order valence-corrected chi connectivity index (χ1v) is 7.59. The second kappa shape index (κ2) is 6.64. The van der Waals surface area contributed by atoms with Crippen molar-refractivity contribution in [2.75, 3.05) is 20.0 Å². The predicted octanol–water partition coefficient (Wildman–Crippen LogP) is 1.92. The summed E-state index contributed by atoms with van der Waals surface area (Å²) < 4.78 is 10.7. The molecule has 4 N–H and O–H groups in total. The normalized spacial score (nSPS) is 10.6. The molecule has 0 bridgehead atoms. The van der Waals surface area contributed by atoms with Crippen LogP contribution in [0.1, 0.15) is 21.6 Å². The van der Waals surface area contributed by atoms with Gasteiger partial charge in [0.25, 0.3) is 5.91 Å². The molecule has 7 heteroatoms. The van der Waals surface area contributed by atoms with Gasteiger partial charge < -0.3 is 20.9 Å². The van der Waals surface area contributed by atoms with E-state index in [0.717, 1.165) is 10.9 Å². The van der Waals surface area contributed by atoms with Crippen molar-refractivity contribution in [2.24, 2.45) is 5.73 Å². The Hall–Kier alpha value is -3.35. The highest BCUT2D eigenvalue weighted by atomic mass is 16.5. The topological polar surface area (TPSA) is 113 Å². The minimum absolute atomic E-state index is 0.0867. The van der Waals surface area contributed by atoms with E-state index >= 15 is 0 Å². The number of anilines is 1. The van der Waals surface area contributed by atoms with Gasteiger partial charge in [-0.3, -0.25) is 4.79 Å². The summed E-state index contributed by atoms with van der Waals surface area (Å²) in [7, 11) is 3.19. The molecule has 7 nitrogen and oxygen atoms in total. The lowest BCUT2D eigenvalue weighted by atomic mass is 10.0. The number of primary amides is 1. The third-order valence-electron chi connectivity index (χ3n) is 3.94. The number of benzene rings is 2. The molecule has 0 atom stereocenters. The van der Waals surface area contributed by atoms with Crippen LogP contribution < -0.4 is 20.9 Å². The molecule has 128 valence electrons. The number of nitrogens with zero attached hydrogens (tertiary/aromatic N) is 2. The van der Waals surface area contributed by atoms with Gasteiger partial charge in [-0.15, -0.1) is 0 Å². The van der Waals surface area contributed by atoms with Crippen molar-refractivity contribution >= 4 is 22.8 Å². The van der Waals surface area contributed by atoms with Crippen molar-refractivity contribution in [1.82, 2.24) is 9.97 Å². The summed E-state index contributed by atoms with van der Waals surface area (Å²) in [6.07, 6.45) is 0.457. The Labute approximate surface area is 144 Å². The first-order chi connectivity index (χ1) is 12.0. The van der Waals surface area contributed by atoms with Crippen molar-refractivity contribution in [1.29, 1.82) is 0 Å². The van der Waals surface area contributed by atoms with E-state index in [4.69, 9.17) is 20.9 Å². The molecule has 0 spiro atoms. The third-order valence-corrected chi connectivity index (χ3v) is 3.94. The lowest BCUT2D eigenvalue weighted by molar-refractivity contribution is 0.100. The van der Waals surface area contributed by atoms with Gasteiger partial charge in [0, 0.05) is 23.4 Å². The van der Waals surface area contributed by atoms with Crippen molar-refractivity contribution in [2.45, 2.75) is 6.42 Å².